The van der Waals surface area contributed by atoms with Gasteiger partial charge in [0.1, 0.15) is 0 Å². The van der Waals surface area contributed by atoms with Gasteiger partial charge in [0, 0.05) is 12.8 Å². The van der Waals surface area contributed by atoms with Crippen molar-refractivity contribution < 1.29 is 24.5 Å². The molecule has 0 saturated heterocycles. The highest BCUT2D eigenvalue weighted by molar-refractivity contribution is 5.76. The van der Waals surface area contributed by atoms with Crippen LogP contribution in [0.25, 0.3) is 0 Å². The molecule has 0 aromatic carbocycles. The number of carbonyl (C=O) groups excluding carboxylic acids is 2. The molecule has 0 aromatic rings. The lowest BCUT2D eigenvalue weighted by Gasteiger charge is -2.22. The minimum absolute atomic E-state index is 0.00540. The molecule has 2 atom stereocenters. The first-order valence-corrected chi connectivity index (χ1v) is 30.4. The monoisotopic (exact) mass is 946 g/mol. The molecule has 0 aliphatic carbocycles. The fraction of sp³-hybridized carbons (Fsp3) is 0.934. The van der Waals surface area contributed by atoms with E-state index in [0.717, 1.165) is 44.9 Å². The summed E-state index contributed by atoms with van der Waals surface area (Å²) in [5.41, 5.74) is 0. The lowest BCUT2D eigenvalue weighted by atomic mass is 10.0. The summed E-state index contributed by atoms with van der Waals surface area (Å²) >= 11 is 0. The van der Waals surface area contributed by atoms with Gasteiger partial charge in [-0.2, -0.15) is 0 Å². The van der Waals surface area contributed by atoms with E-state index in [0.29, 0.717) is 25.9 Å². The second-order valence-corrected chi connectivity index (χ2v) is 21.0. The minimum Gasteiger partial charge on any atom is -0.466 e. The van der Waals surface area contributed by atoms with Crippen molar-refractivity contribution in [3.8, 4) is 0 Å². The predicted molar refractivity (Wildman–Crippen MR) is 292 cm³/mol. The zero-order chi connectivity index (χ0) is 48.6. The van der Waals surface area contributed by atoms with E-state index in [1.165, 1.54) is 263 Å². The fourth-order valence-corrected chi connectivity index (χ4v) is 9.64. The Morgan fingerprint density at radius 1 is 0.403 bits per heavy atom. The lowest BCUT2D eigenvalue weighted by Crippen LogP contribution is -2.45. The SMILES string of the molecule is CCCCCCCCCCCCCCCCCCCCCC(O)C(CO)NC(=O)CCCCCCCCC/C=C\CCCCCCCCCCOC(=O)CCCCCCCCCCCCCC. The van der Waals surface area contributed by atoms with Crippen molar-refractivity contribution in [2.75, 3.05) is 13.2 Å². The van der Waals surface area contributed by atoms with E-state index < -0.39 is 12.1 Å². The third-order valence-electron chi connectivity index (χ3n) is 14.3. The Morgan fingerprint density at radius 2 is 0.701 bits per heavy atom. The zero-order valence-electron chi connectivity index (χ0n) is 45.4. The molecule has 0 heterocycles. The molecular weight excluding hydrogens is 827 g/mol. The van der Waals surface area contributed by atoms with E-state index in [9.17, 15) is 19.8 Å². The quantitative estimate of drug-likeness (QED) is 0.0321. The standard InChI is InChI=1S/C61H119NO5/c1-3-5-7-9-11-13-15-17-18-19-21-24-27-30-33-37-41-45-49-53-59(64)58(57-63)62-60(65)54-50-46-42-38-34-31-28-25-22-20-23-26-29-32-36-40-44-48-52-56-67-61(66)55-51-47-43-39-35-16-14-12-10-8-6-4-2/h20,22,58-59,63-64H,3-19,21,23-57H2,1-2H3,(H,62,65)/b22-20-. The molecule has 0 fully saturated rings. The Hall–Kier alpha value is -1.40. The number of esters is 1. The summed E-state index contributed by atoms with van der Waals surface area (Å²) < 4.78 is 5.47. The number of hydrogen-bond donors (Lipinski definition) is 3. The zero-order valence-corrected chi connectivity index (χ0v) is 45.4. The van der Waals surface area contributed by atoms with Gasteiger partial charge >= 0.3 is 5.97 Å². The average molecular weight is 947 g/mol. The molecule has 0 aliphatic heterocycles. The third-order valence-corrected chi connectivity index (χ3v) is 14.3. The molecule has 0 aromatic heterocycles. The second-order valence-electron chi connectivity index (χ2n) is 21.0. The molecule has 1 amide bonds. The van der Waals surface area contributed by atoms with Gasteiger partial charge in [0.25, 0.3) is 0 Å². The van der Waals surface area contributed by atoms with Crippen LogP contribution >= 0.6 is 0 Å². The number of carbonyl (C=O) groups is 2. The molecule has 67 heavy (non-hydrogen) atoms. The Bertz CT molecular complexity index is 1000. The van der Waals surface area contributed by atoms with E-state index in [4.69, 9.17) is 4.74 Å². The molecule has 0 aliphatic rings. The largest absolute Gasteiger partial charge is 0.466 e. The number of nitrogens with one attached hydrogen (secondary N) is 1. The van der Waals surface area contributed by atoms with Gasteiger partial charge in [-0.1, -0.05) is 289 Å². The van der Waals surface area contributed by atoms with Crippen LogP contribution in [-0.2, 0) is 14.3 Å². The number of amides is 1. The molecule has 2 unspecified atom stereocenters. The third kappa shape index (κ3) is 53.8. The van der Waals surface area contributed by atoms with Crippen LogP contribution in [0.1, 0.15) is 341 Å². The Kier molecular flexibility index (Phi) is 56.0. The number of unbranched alkanes of at least 4 members (excludes halogenated alkanes) is 44. The maximum Gasteiger partial charge on any atom is 0.305 e. The summed E-state index contributed by atoms with van der Waals surface area (Å²) in [5, 5.41) is 23.3. The fourth-order valence-electron chi connectivity index (χ4n) is 9.64. The number of ether oxygens (including phenoxy) is 1. The highest BCUT2D eigenvalue weighted by atomic mass is 16.5. The van der Waals surface area contributed by atoms with Crippen molar-refractivity contribution in [2.45, 2.75) is 353 Å². The topological polar surface area (TPSA) is 95.9 Å². The van der Waals surface area contributed by atoms with Crippen molar-refractivity contribution in [2.24, 2.45) is 0 Å². The number of allylic oxidation sites excluding steroid dienone is 2. The van der Waals surface area contributed by atoms with Crippen molar-refractivity contribution in [1.82, 2.24) is 5.32 Å². The van der Waals surface area contributed by atoms with Crippen LogP contribution < -0.4 is 5.32 Å². The summed E-state index contributed by atoms with van der Waals surface area (Å²) in [4.78, 5) is 24.5. The first-order chi connectivity index (χ1) is 33.0. The van der Waals surface area contributed by atoms with E-state index in [1.807, 2.05) is 0 Å². The van der Waals surface area contributed by atoms with Gasteiger partial charge in [-0.05, 0) is 51.4 Å². The summed E-state index contributed by atoms with van der Waals surface area (Å²) in [6.45, 7) is 4.96. The van der Waals surface area contributed by atoms with Gasteiger partial charge < -0.3 is 20.3 Å². The smallest absolute Gasteiger partial charge is 0.305 e. The highest BCUT2D eigenvalue weighted by Crippen LogP contribution is 2.18. The number of hydrogen-bond acceptors (Lipinski definition) is 5. The van der Waals surface area contributed by atoms with Crippen LogP contribution in [0.4, 0.5) is 0 Å². The molecule has 0 spiro atoms. The van der Waals surface area contributed by atoms with Gasteiger partial charge in [0.05, 0.1) is 25.4 Å². The number of rotatable bonds is 57. The molecule has 0 saturated carbocycles. The molecular formula is C61H119NO5. The van der Waals surface area contributed by atoms with E-state index in [1.54, 1.807) is 0 Å². The molecule has 0 radical (unpaired) electrons. The summed E-state index contributed by atoms with van der Waals surface area (Å²) in [6.07, 6.45) is 67.8. The summed E-state index contributed by atoms with van der Waals surface area (Å²) in [5.74, 6) is -0.0358. The number of aliphatic hydroxyl groups is 2. The predicted octanol–water partition coefficient (Wildman–Crippen LogP) is 18.9. The molecule has 0 rings (SSSR count). The second kappa shape index (κ2) is 57.2. The maximum absolute atomic E-state index is 12.5. The molecule has 3 N–H and O–H groups in total. The minimum atomic E-state index is -0.670. The van der Waals surface area contributed by atoms with Gasteiger partial charge in [-0.3, -0.25) is 9.59 Å². The molecule has 0 bridgehead atoms. The van der Waals surface area contributed by atoms with Gasteiger partial charge in [-0.15, -0.1) is 0 Å². The van der Waals surface area contributed by atoms with Crippen molar-refractivity contribution in [3.63, 3.8) is 0 Å². The normalized spacial score (nSPS) is 12.6. The van der Waals surface area contributed by atoms with E-state index in [2.05, 4.69) is 31.3 Å². The summed E-state index contributed by atoms with van der Waals surface area (Å²) in [6, 6.07) is -0.548. The van der Waals surface area contributed by atoms with Crippen LogP contribution in [0.5, 0.6) is 0 Å². The summed E-state index contributed by atoms with van der Waals surface area (Å²) in [7, 11) is 0. The van der Waals surface area contributed by atoms with Gasteiger partial charge in [-0.25, -0.2) is 0 Å². The molecule has 6 heteroatoms. The van der Waals surface area contributed by atoms with Crippen LogP contribution in [-0.4, -0.2) is 47.4 Å². The van der Waals surface area contributed by atoms with Crippen LogP contribution in [0.3, 0.4) is 0 Å². The van der Waals surface area contributed by atoms with Crippen molar-refractivity contribution >= 4 is 11.9 Å². The molecule has 398 valence electrons. The Balaban J connectivity index is 3.44. The first kappa shape index (κ1) is 65.6. The maximum atomic E-state index is 12.5. The highest BCUT2D eigenvalue weighted by Gasteiger charge is 2.20. The Morgan fingerprint density at radius 3 is 1.06 bits per heavy atom. The first-order valence-electron chi connectivity index (χ1n) is 30.4. The lowest BCUT2D eigenvalue weighted by molar-refractivity contribution is -0.143. The molecule has 6 nitrogen and oxygen atoms in total. The van der Waals surface area contributed by atoms with E-state index >= 15 is 0 Å². The Labute approximate surface area is 419 Å². The van der Waals surface area contributed by atoms with Crippen LogP contribution in [0.15, 0.2) is 12.2 Å². The van der Waals surface area contributed by atoms with Crippen LogP contribution in [0, 0.1) is 0 Å². The van der Waals surface area contributed by atoms with Gasteiger partial charge in [0.2, 0.25) is 5.91 Å². The van der Waals surface area contributed by atoms with Crippen molar-refractivity contribution in [1.29, 1.82) is 0 Å². The average Bonchev–Trinajstić information content (AvgIpc) is 3.33. The van der Waals surface area contributed by atoms with Gasteiger partial charge in [0.15, 0.2) is 0 Å². The number of aliphatic hydroxyl groups excluding tert-OH is 2. The van der Waals surface area contributed by atoms with E-state index in [-0.39, 0.29) is 18.5 Å². The van der Waals surface area contributed by atoms with Crippen LogP contribution in [0.2, 0.25) is 0 Å². The van der Waals surface area contributed by atoms with Crippen molar-refractivity contribution in [3.05, 3.63) is 12.2 Å².